The molecule has 1 aromatic carbocycles. The highest BCUT2D eigenvalue weighted by molar-refractivity contribution is 5.84. The van der Waals surface area contributed by atoms with Crippen LogP contribution >= 0.6 is 0 Å². The van der Waals surface area contributed by atoms with E-state index in [0.717, 1.165) is 0 Å². The van der Waals surface area contributed by atoms with Crippen LogP contribution in [0.25, 0.3) is 11.1 Å². The molecule has 8 heteroatoms. The van der Waals surface area contributed by atoms with Crippen LogP contribution < -0.4 is 5.32 Å². The predicted octanol–water partition coefficient (Wildman–Crippen LogP) is 2.01. The molecule has 0 fully saturated rings. The Hall–Kier alpha value is -2.64. The van der Waals surface area contributed by atoms with Gasteiger partial charge in [-0.05, 0) is 19.9 Å². The van der Waals surface area contributed by atoms with Crippen molar-refractivity contribution in [3.63, 3.8) is 0 Å². The maximum absolute atomic E-state index is 11.9. The van der Waals surface area contributed by atoms with Crippen molar-refractivity contribution in [2.75, 3.05) is 18.9 Å². The van der Waals surface area contributed by atoms with Crippen molar-refractivity contribution in [2.24, 2.45) is 0 Å². The first-order valence-electron chi connectivity index (χ1n) is 6.49. The Kier molecular flexibility index (Phi) is 4.06. The molecular weight excluding hydrogens is 276 g/mol. The highest BCUT2D eigenvalue weighted by Crippen LogP contribution is 2.23. The molecular formula is C13H16N4O4. The molecule has 2 rings (SSSR count). The van der Waals surface area contributed by atoms with Crippen LogP contribution in [0.4, 0.5) is 11.7 Å². The van der Waals surface area contributed by atoms with Crippen LogP contribution in [-0.2, 0) is 4.79 Å². The molecule has 2 aromatic rings. The van der Waals surface area contributed by atoms with E-state index in [2.05, 4.69) is 10.3 Å². The van der Waals surface area contributed by atoms with Gasteiger partial charge in [0.05, 0.1) is 4.92 Å². The number of likely N-dealkylation sites (N-methyl/N-ethyl adjacent to an activating group) is 1. The second kappa shape index (κ2) is 5.78. The molecule has 0 bridgehead atoms. The zero-order valence-electron chi connectivity index (χ0n) is 12.0. The summed E-state index contributed by atoms with van der Waals surface area (Å²) in [6.45, 7) is 4.18. The third kappa shape index (κ3) is 3.10. The van der Waals surface area contributed by atoms with E-state index in [1.54, 1.807) is 18.9 Å². The molecule has 21 heavy (non-hydrogen) atoms. The van der Waals surface area contributed by atoms with Gasteiger partial charge in [-0.2, -0.15) is 4.98 Å². The number of nitrogens with zero attached hydrogens (tertiary/aromatic N) is 3. The lowest BCUT2D eigenvalue weighted by Crippen LogP contribution is -2.38. The van der Waals surface area contributed by atoms with E-state index in [0.29, 0.717) is 17.6 Å². The van der Waals surface area contributed by atoms with Crippen molar-refractivity contribution in [3.8, 4) is 0 Å². The van der Waals surface area contributed by atoms with Crippen molar-refractivity contribution in [2.45, 2.75) is 19.9 Å². The number of nitro groups is 1. The number of amides is 1. The fourth-order valence-corrected chi connectivity index (χ4v) is 1.82. The summed E-state index contributed by atoms with van der Waals surface area (Å²) >= 11 is 0. The first-order valence-corrected chi connectivity index (χ1v) is 6.49. The Morgan fingerprint density at radius 2 is 2.29 bits per heavy atom. The van der Waals surface area contributed by atoms with E-state index < -0.39 is 11.0 Å². The molecule has 0 saturated carbocycles. The number of fused-ring (bicyclic) bond motifs is 1. The standard InChI is InChI=1S/C13H16N4O4/c1-4-16(3)12(18)8(2)14-13-15-10-7-9(17(19)20)5-6-11(10)21-13/h5-8H,4H2,1-3H3,(H,14,15). The Labute approximate surface area is 120 Å². The zero-order chi connectivity index (χ0) is 15.6. The predicted molar refractivity (Wildman–Crippen MR) is 77.1 cm³/mol. The van der Waals surface area contributed by atoms with Crippen LogP contribution in [0.1, 0.15) is 13.8 Å². The molecule has 1 atom stereocenters. The highest BCUT2D eigenvalue weighted by Gasteiger charge is 2.19. The minimum Gasteiger partial charge on any atom is -0.424 e. The summed E-state index contributed by atoms with van der Waals surface area (Å²) in [6, 6.07) is 3.82. The molecule has 1 heterocycles. The molecule has 0 saturated heterocycles. The number of nitro benzene ring substituents is 1. The smallest absolute Gasteiger partial charge is 0.296 e. The summed E-state index contributed by atoms with van der Waals surface area (Å²) in [5, 5.41) is 13.6. The Bertz CT molecular complexity index is 682. The molecule has 1 unspecified atom stereocenters. The van der Waals surface area contributed by atoms with Crippen LogP contribution in [0.15, 0.2) is 22.6 Å². The minimum absolute atomic E-state index is 0.0582. The highest BCUT2D eigenvalue weighted by atomic mass is 16.6. The van der Waals surface area contributed by atoms with Crippen LogP contribution in [-0.4, -0.2) is 40.3 Å². The molecule has 0 aliphatic rings. The van der Waals surface area contributed by atoms with Gasteiger partial charge in [0.25, 0.3) is 11.7 Å². The topological polar surface area (TPSA) is 102 Å². The van der Waals surface area contributed by atoms with Gasteiger partial charge in [0, 0.05) is 25.7 Å². The molecule has 1 N–H and O–H groups in total. The molecule has 1 aromatic heterocycles. The van der Waals surface area contributed by atoms with E-state index >= 15 is 0 Å². The lowest BCUT2D eigenvalue weighted by atomic mass is 10.3. The van der Waals surface area contributed by atoms with Crippen molar-refractivity contribution in [1.82, 2.24) is 9.88 Å². The third-order valence-electron chi connectivity index (χ3n) is 3.14. The summed E-state index contributed by atoms with van der Waals surface area (Å²) in [7, 11) is 1.70. The fourth-order valence-electron chi connectivity index (χ4n) is 1.82. The maximum Gasteiger partial charge on any atom is 0.296 e. The van der Waals surface area contributed by atoms with Gasteiger partial charge in [-0.25, -0.2) is 0 Å². The Morgan fingerprint density at radius 3 is 2.90 bits per heavy atom. The number of aromatic nitrogens is 1. The van der Waals surface area contributed by atoms with Crippen molar-refractivity contribution in [3.05, 3.63) is 28.3 Å². The fraction of sp³-hybridized carbons (Fsp3) is 0.385. The van der Waals surface area contributed by atoms with Gasteiger partial charge >= 0.3 is 0 Å². The summed E-state index contributed by atoms with van der Waals surface area (Å²) in [4.78, 5) is 27.8. The van der Waals surface area contributed by atoms with Crippen LogP contribution in [0.5, 0.6) is 0 Å². The van der Waals surface area contributed by atoms with Gasteiger partial charge in [0.15, 0.2) is 5.58 Å². The van der Waals surface area contributed by atoms with Crippen LogP contribution in [0.2, 0.25) is 0 Å². The van der Waals surface area contributed by atoms with Gasteiger partial charge < -0.3 is 14.6 Å². The van der Waals surface area contributed by atoms with Crippen LogP contribution in [0, 0.1) is 10.1 Å². The number of nitrogens with one attached hydrogen (secondary N) is 1. The van der Waals surface area contributed by atoms with E-state index in [-0.39, 0.29) is 17.6 Å². The SMILES string of the molecule is CCN(C)C(=O)C(C)Nc1nc2cc([N+](=O)[O-])ccc2o1. The number of hydrogen-bond donors (Lipinski definition) is 1. The monoisotopic (exact) mass is 292 g/mol. The molecule has 0 aliphatic heterocycles. The second-order valence-electron chi connectivity index (χ2n) is 4.65. The number of benzene rings is 1. The number of non-ortho nitro benzene ring substituents is 1. The molecule has 8 nitrogen and oxygen atoms in total. The summed E-state index contributed by atoms with van der Waals surface area (Å²) in [5.41, 5.74) is 0.735. The zero-order valence-corrected chi connectivity index (χ0v) is 12.0. The minimum atomic E-state index is -0.502. The molecule has 112 valence electrons. The first-order chi connectivity index (χ1) is 9.92. The van der Waals surface area contributed by atoms with E-state index in [4.69, 9.17) is 4.42 Å². The quantitative estimate of drug-likeness (QED) is 0.668. The maximum atomic E-state index is 11.9. The lowest BCUT2D eigenvalue weighted by Gasteiger charge is -2.19. The third-order valence-corrected chi connectivity index (χ3v) is 3.14. The number of rotatable bonds is 5. The van der Waals surface area contributed by atoms with Gasteiger partial charge in [-0.3, -0.25) is 14.9 Å². The van der Waals surface area contributed by atoms with Crippen molar-refractivity contribution < 1.29 is 14.1 Å². The summed E-state index contributed by atoms with van der Waals surface area (Å²) in [6.07, 6.45) is 0. The molecule has 1 amide bonds. The average molecular weight is 292 g/mol. The van der Waals surface area contributed by atoms with Gasteiger partial charge in [0.2, 0.25) is 5.91 Å². The van der Waals surface area contributed by atoms with E-state index in [1.807, 2.05) is 6.92 Å². The van der Waals surface area contributed by atoms with E-state index in [1.165, 1.54) is 18.2 Å². The lowest BCUT2D eigenvalue weighted by molar-refractivity contribution is -0.384. The van der Waals surface area contributed by atoms with Crippen molar-refractivity contribution in [1.29, 1.82) is 0 Å². The summed E-state index contributed by atoms with van der Waals surface area (Å²) in [5.74, 6) is -0.0919. The molecule has 0 radical (unpaired) electrons. The normalized spacial score (nSPS) is 12.1. The van der Waals surface area contributed by atoms with Gasteiger partial charge in [-0.15, -0.1) is 0 Å². The summed E-state index contributed by atoms with van der Waals surface area (Å²) < 4.78 is 5.42. The first kappa shape index (κ1) is 14.8. The Morgan fingerprint density at radius 1 is 1.57 bits per heavy atom. The number of anilines is 1. The Balaban J connectivity index is 2.19. The van der Waals surface area contributed by atoms with Crippen LogP contribution in [0.3, 0.4) is 0 Å². The second-order valence-corrected chi connectivity index (χ2v) is 4.65. The number of carbonyl (C=O) groups is 1. The van der Waals surface area contributed by atoms with E-state index in [9.17, 15) is 14.9 Å². The average Bonchev–Trinajstić information content (AvgIpc) is 2.86. The number of hydrogen-bond acceptors (Lipinski definition) is 6. The number of carbonyl (C=O) groups excluding carboxylic acids is 1. The van der Waals surface area contributed by atoms with Crippen molar-refractivity contribution >= 4 is 28.7 Å². The van der Waals surface area contributed by atoms with Gasteiger partial charge in [-0.1, -0.05) is 0 Å². The largest absolute Gasteiger partial charge is 0.424 e. The molecule has 0 aliphatic carbocycles. The molecule has 0 spiro atoms. The number of oxazole rings is 1. The van der Waals surface area contributed by atoms with Gasteiger partial charge in [0.1, 0.15) is 11.6 Å².